The zero-order valence-electron chi connectivity index (χ0n) is 6.57. The Morgan fingerprint density at radius 1 is 1.17 bits per heavy atom. The molecule has 1 radical (unpaired) electrons. The summed E-state index contributed by atoms with van der Waals surface area (Å²) in [7, 11) is 0. The van der Waals surface area contributed by atoms with Gasteiger partial charge in [-0.3, -0.25) is 0 Å². The second-order valence-corrected chi connectivity index (χ2v) is 2.39. The number of halogens is 1. The van der Waals surface area contributed by atoms with Crippen LogP contribution in [-0.2, 0) is 16.1 Å². The maximum absolute atomic E-state index is 5.25. The zero-order valence-corrected chi connectivity index (χ0v) is 7.33. The highest BCUT2D eigenvalue weighted by Crippen LogP contribution is 2.01. The second-order valence-electron chi connectivity index (χ2n) is 2.17. The first-order valence-electron chi connectivity index (χ1n) is 3.58. The Balaban J connectivity index is 2.16. The van der Waals surface area contributed by atoms with Gasteiger partial charge in [-0.2, -0.15) is 0 Å². The molecule has 0 saturated heterocycles. The number of alkyl halides is 1. The molecule has 12 heavy (non-hydrogen) atoms. The molecular weight excluding hydrogens is 176 g/mol. The van der Waals surface area contributed by atoms with E-state index in [9.17, 15) is 0 Å². The van der Waals surface area contributed by atoms with Crippen LogP contribution >= 0.6 is 11.6 Å². The van der Waals surface area contributed by atoms with Crippen LogP contribution in [-0.4, -0.2) is 6.07 Å². The molecule has 65 valence electrons. The maximum Gasteiger partial charge on any atom is 0.210 e. The summed E-state index contributed by atoms with van der Waals surface area (Å²) < 4.78 is 9.70. The number of hydrogen-bond donors (Lipinski definition) is 0. The van der Waals surface area contributed by atoms with Crippen molar-refractivity contribution in [2.75, 3.05) is 6.07 Å². The van der Waals surface area contributed by atoms with Crippen LogP contribution in [0, 0.1) is 6.79 Å². The predicted octanol–water partition coefficient (Wildman–Crippen LogP) is 2.54. The molecule has 0 aliphatic heterocycles. The molecule has 0 spiro atoms. The van der Waals surface area contributed by atoms with Crippen LogP contribution in [0.2, 0.25) is 0 Å². The van der Waals surface area contributed by atoms with E-state index < -0.39 is 0 Å². The largest absolute Gasteiger partial charge is 0.343 e. The van der Waals surface area contributed by atoms with E-state index in [-0.39, 0.29) is 6.07 Å². The fraction of sp³-hybridized carbons (Fsp3) is 0.222. The zero-order chi connectivity index (χ0) is 8.65. The van der Waals surface area contributed by atoms with Crippen LogP contribution in [0.15, 0.2) is 30.3 Å². The molecule has 0 N–H and O–H groups in total. The smallest absolute Gasteiger partial charge is 0.210 e. The van der Waals surface area contributed by atoms with Gasteiger partial charge in [0, 0.05) is 0 Å². The lowest BCUT2D eigenvalue weighted by molar-refractivity contribution is 0.0303. The molecule has 1 aromatic carbocycles. The first kappa shape index (κ1) is 9.52. The topological polar surface area (TPSA) is 18.5 Å². The van der Waals surface area contributed by atoms with Crippen LogP contribution in [0.5, 0.6) is 0 Å². The lowest BCUT2D eigenvalue weighted by Gasteiger charge is -2.01. The van der Waals surface area contributed by atoms with Gasteiger partial charge < -0.3 is 9.47 Å². The Morgan fingerprint density at radius 2 is 1.92 bits per heavy atom. The number of benzene rings is 1. The summed E-state index contributed by atoms with van der Waals surface area (Å²) in [6.07, 6.45) is 0. The van der Waals surface area contributed by atoms with Gasteiger partial charge >= 0.3 is 0 Å². The van der Waals surface area contributed by atoms with Gasteiger partial charge in [-0.1, -0.05) is 41.9 Å². The maximum atomic E-state index is 5.25. The fourth-order valence-electron chi connectivity index (χ4n) is 0.778. The Morgan fingerprint density at radius 3 is 2.58 bits per heavy atom. The van der Waals surface area contributed by atoms with Gasteiger partial charge in [0.1, 0.15) is 6.07 Å². The van der Waals surface area contributed by atoms with Gasteiger partial charge in [-0.15, -0.1) is 0 Å². The van der Waals surface area contributed by atoms with E-state index in [1.807, 2.05) is 30.3 Å². The van der Waals surface area contributed by atoms with Gasteiger partial charge in [-0.05, 0) is 5.56 Å². The van der Waals surface area contributed by atoms with Crippen molar-refractivity contribution in [3.8, 4) is 0 Å². The third kappa shape index (κ3) is 3.72. The third-order valence-electron chi connectivity index (χ3n) is 1.29. The molecule has 1 aromatic rings. The quantitative estimate of drug-likeness (QED) is 0.519. The molecule has 0 bridgehead atoms. The highest BCUT2D eigenvalue weighted by atomic mass is 35.5. The Labute approximate surface area is 77.1 Å². The van der Waals surface area contributed by atoms with Crippen molar-refractivity contribution in [3.05, 3.63) is 42.7 Å². The minimum Gasteiger partial charge on any atom is -0.343 e. The normalized spacial score (nSPS) is 10.1. The minimum atomic E-state index is 0.120. The van der Waals surface area contributed by atoms with E-state index in [1.54, 1.807) is 0 Å². The van der Waals surface area contributed by atoms with E-state index in [4.69, 9.17) is 16.3 Å². The lowest BCUT2D eigenvalue weighted by atomic mass is 10.2. The van der Waals surface area contributed by atoms with E-state index in [2.05, 4.69) is 4.74 Å². The second kappa shape index (κ2) is 6.00. The standard InChI is InChI=1S/C9H10ClO2/c10-7-12-8-11-6-9-4-2-1-3-5-9/h1-5,8H,6-7H2. The van der Waals surface area contributed by atoms with Crippen molar-refractivity contribution in [1.29, 1.82) is 0 Å². The van der Waals surface area contributed by atoms with Crippen LogP contribution in [0.4, 0.5) is 0 Å². The van der Waals surface area contributed by atoms with Crippen LogP contribution in [0.3, 0.4) is 0 Å². The fourth-order valence-corrected chi connectivity index (χ4v) is 0.830. The first-order valence-corrected chi connectivity index (χ1v) is 4.11. The van der Waals surface area contributed by atoms with Gasteiger partial charge in [0.2, 0.25) is 6.79 Å². The van der Waals surface area contributed by atoms with Crippen molar-refractivity contribution < 1.29 is 9.47 Å². The molecule has 2 nitrogen and oxygen atoms in total. The lowest BCUT2D eigenvalue weighted by Crippen LogP contribution is -1.92. The van der Waals surface area contributed by atoms with E-state index in [1.165, 1.54) is 6.79 Å². The average Bonchev–Trinajstić information content (AvgIpc) is 2.14. The van der Waals surface area contributed by atoms with Crippen molar-refractivity contribution in [1.82, 2.24) is 0 Å². The molecule has 0 saturated carbocycles. The monoisotopic (exact) mass is 185 g/mol. The van der Waals surface area contributed by atoms with Crippen molar-refractivity contribution in [2.45, 2.75) is 6.61 Å². The van der Waals surface area contributed by atoms with E-state index >= 15 is 0 Å². The third-order valence-corrected chi connectivity index (χ3v) is 1.42. The van der Waals surface area contributed by atoms with Gasteiger partial charge in [-0.25, -0.2) is 0 Å². The summed E-state index contributed by atoms with van der Waals surface area (Å²) in [4.78, 5) is 0. The first-order chi connectivity index (χ1) is 5.93. The van der Waals surface area contributed by atoms with Gasteiger partial charge in [0.05, 0.1) is 6.61 Å². The molecule has 0 aromatic heterocycles. The Hall–Kier alpha value is -0.570. The van der Waals surface area contributed by atoms with E-state index in [0.717, 1.165) is 5.56 Å². The summed E-state index contributed by atoms with van der Waals surface area (Å²) in [6.45, 7) is 1.76. The average molecular weight is 186 g/mol. The van der Waals surface area contributed by atoms with Crippen molar-refractivity contribution in [3.63, 3.8) is 0 Å². The summed E-state index contributed by atoms with van der Waals surface area (Å²) >= 11 is 5.25. The molecule has 1 rings (SSSR count). The van der Waals surface area contributed by atoms with Crippen molar-refractivity contribution >= 4 is 11.6 Å². The van der Waals surface area contributed by atoms with Crippen LogP contribution in [0.25, 0.3) is 0 Å². The number of rotatable bonds is 5. The van der Waals surface area contributed by atoms with Gasteiger partial charge in [0.25, 0.3) is 0 Å². The molecular formula is C9H10ClO2. The molecule has 0 unspecified atom stereocenters. The highest BCUT2D eigenvalue weighted by molar-refractivity contribution is 6.17. The van der Waals surface area contributed by atoms with Gasteiger partial charge in [0.15, 0.2) is 0 Å². The van der Waals surface area contributed by atoms with E-state index in [0.29, 0.717) is 6.61 Å². The molecule has 0 aliphatic carbocycles. The van der Waals surface area contributed by atoms with Crippen LogP contribution in [0.1, 0.15) is 5.56 Å². The molecule has 0 aliphatic rings. The Kier molecular flexibility index (Phi) is 4.76. The molecule has 3 heteroatoms. The molecule has 0 heterocycles. The van der Waals surface area contributed by atoms with Crippen molar-refractivity contribution in [2.24, 2.45) is 0 Å². The minimum absolute atomic E-state index is 0.120. The SMILES string of the molecule is ClCO[CH]OCc1ccccc1. The summed E-state index contributed by atoms with van der Waals surface area (Å²) in [5.74, 6) is 0. The van der Waals surface area contributed by atoms with Crippen LogP contribution < -0.4 is 0 Å². The molecule has 0 fully saturated rings. The number of ether oxygens (including phenoxy) is 2. The molecule has 0 amide bonds. The highest BCUT2D eigenvalue weighted by Gasteiger charge is 1.90. The summed E-state index contributed by atoms with van der Waals surface area (Å²) in [5, 5.41) is 0. The molecule has 0 atom stereocenters. The Bertz CT molecular complexity index is 201. The number of hydrogen-bond acceptors (Lipinski definition) is 2. The summed E-state index contributed by atoms with van der Waals surface area (Å²) in [6, 6.07) is 9.96. The predicted molar refractivity (Wildman–Crippen MR) is 47.3 cm³/mol. The summed E-state index contributed by atoms with van der Waals surface area (Å²) in [5.41, 5.74) is 1.10.